The summed E-state index contributed by atoms with van der Waals surface area (Å²) in [6.45, 7) is 2.28. The molecule has 0 aliphatic rings. The van der Waals surface area contributed by atoms with E-state index in [0.29, 0.717) is 6.04 Å². The second-order valence-electron chi connectivity index (χ2n) is 3.14. The lowest BCUT2D eigenvalue weighted by molar-refractivity contribution is 0.273. The fourth-order valence-corrected chi connectivity index (χ4v) is 2.95. The Bertz CT molecular complexity index is 280. The number of hydrogen-bond donors (Lipinski definition) is 2. The van der Waals surface area contributed by atoms with Crippen molar-refractivity contribution in [3.8, 4) is 0 Å². The summed E-state index contributed by atoms with van der Waals surface area (Å²) in [6, 6.07) is 0.342. The number of aliphatic hydroxyl groups is 1. The van der Waals surface area contributed by atoms with Crippen LogP contribution < -0.4 is 5.32 Å². The Morgan fingerprint density at radius 3 is 2.93 bits per heavy atom. The molecule has 1 atom stereocenters. The summed E-state index contributed by atoms with van der Waals surface area (Å²) >= 11 is 3.16. The summed E-state index contributed by atoms with van der Waals surface area (Å²) in [4.78, 5) is 4.38. The molecule has 1 rings (SSSR count). The predicted molar refractivity (Wildman–Crippen MR) is 64.6 cm³/mol. The molecule has 0 amide bonds. The lowest BCUT2D eigenvalue weighted by Gasteiger charge is -2.12. The first-order valence-electron chi connectivity index (χ1n) is 5.03. The SMILES string of the molecule is CCc1nsc(SCC(CCO)NC)n1. The number of rotatable bonds is 7. The average molecular weight is 247 g/mol. The van der Waals surface area contributed by atoms with Crippen LogP contribution in [0.15, 0.2) is 4.34 Å². The summed E-state index contributed by atoms with van der Waals surface area (Å²) in [5, 5.41) is 12.0. The van der Waals surface area contributed by atoms with Crippen molar-refractivity contribution in [1.82, 2.24) is 14.7 Å². The molecule has 1 unspecified atom stereocenters. The second kappa shape index (κ2) is 7.16. The van der Waals surface area contributed by atoms with E-state index in [2.05, 4.69) is 21.6 Å². The third-order valence-electron chi connectivity index (χ3n) is 2.06. The van der Waals surface area contributed by atoms with E-state index < -0.39 is 0 Å². The summed E-state index contributed by atoms with van der Waals surface area (Å²) in [7, 11) is 1.92. The van der Waals surface area contributed by atoms with E-state index in [1.807, 2.05) is 7.05 Å². The average Bonchev–Trinajstić information content (AvgIpc) is 2.72. The van der Waals surface area contributed by atoms with E-state index in [1.165, 1.54) is 11.5 Å². The lowest BCUT2D eigenvalue weighted by atomic mass is 10.2. The highest BCUT2D eigenvalue weighted by Gasteiger charge is 2.08. The molecule has 15 heavy (non-hydrogen) atoms. The Morgan fingerprint density at radius 2 is 2.40 bits per heavy atom. The number of aryl methyl sites for hydroxylation is 1. The Balaban J connectivity index is 2.34. The van der Waals surface area contributed by atoms with Gasteiger partial charge in [-0.3, -0.25) is 0 Å². The monoisotopic (exact) mass is 247 g/mol. The molecule has 0 bridgehead atoms. The van der Waals surface area contributed by atoms with Gasteiger partial charge in [-0.25, -0.2) is 4.98 Å². The number of thioether (sulfide) groups is 1. The molecule has 0 aliphatic carbocycles. The van der Waals surface area contributed by atoms with Gasteiger partial charge in [0.05, 0.1) is 0 Å². The normalized spacial score (nSPS) is 13.0. The Kier molecular flexibility index (Phi) is 6.16. The molecule has 0 aliphatic heterocycles. The van der Waals surface area contributed by atoms with Crippen molar-refractivity contribution in [1.29, 1.82) is 0 Å². The van der Waals surface area contributed by atoms with Gasteiger partial charge < -0.3 is 10.4 Å². The minimum atomic E-state index is 0.225. The maximum absolute atomic E-state index is 8.83. The van der Waals surface area contributed by atoms with Gasteiger partial charge in [0.1, 0.15) is 5.82 Å². The van der Waals surface area contributed by atoms with E-state index in [-0.39, 0.29) is 6.61 Å². The molecule has 0 radical (unpaired) electrons. The summed E-state index contributed by atoms with van der Waals surface area (Å²) in [5.74, 6) is 1.85. The number of nitrogens with zero attached hydrogens (tertiary/aromatic N) is 2. The fourth-order valence-electron chi connectivity index (χ4n) is 1.08. The maximum atomic E-state index is 8.83. The summed E-state index contributed by atoms with van der Waals surface area (Å²) < 4.78 is 5.24. The smallest absolute Gasteiger partial charge is 0.170 e. The van der Waals surface area contributed by atoms with Crippen LogP contribution in [-0.4, -0.2) is 39.9 Å². The van der Waals surface area contributed by atoms with E-state index in [1.54, 1.807) is 11.8 Å². The highest BCUT2D eigenvalue weighted by atomic mass is 32.2. The molecule has 4 nitrogen and oxygen atoms in total. The molecule has 0 saturated heterocycles. The first-order valence-corrected chi connectivity index (χ1v) is 6.79. The van der Waals surface area contributed by atoms with Gasteiger partial charge in [-0.15, -0.1) is 0 Å². The summed E-state index contributed by atoms with van der Waals surface area (Å²) in [6.07, 6.45) is 1.67. The van der Waals surface area contributed by atoms with E-state index >= 15 is 0 Å². The van der Waals surface area contributed by atoms with Crippen LogP contribution in [0.2, 0.25) is 0 Å². The lowest BCUT2D eigenvalue weighted by Crippen LogP contribution is -2.28. The van der Waals surface area contributed by atoms with Crippen LogP contribution in [0.1, 0.15) is 19.2 Å². The van der Waals surface area contributed by atoms with Gasteiger partial charge >= 0.3 is 0 Å². The molecule has 0 aromatic carbocycles. The zero-order valence-corrected chi connectivity index (χ0v) is 10.7. The zero-order chi connectivity index (χ0) is 11.1. The quantitative estimate of drug-likeness (QED) is 0.708. The molecule has 0 saturated carbocycles. The Morgan fingerprint density at radius 1 is 1.60 bits per heavy atom. The van der Waals surface area contributed by atoms with Crippen molar-refractivity contribution in [2.75, 3.05) is 19.4 Å². The van der Waals surface area contributed by atoms with Crippen LogP contribution in [0.25, 0.3) is 0 Å². The number of nitrogens with one attached hydrogen (secondary N) is 1. The van der Waals surface area contributed by atoms with Gasteiger partial charge in [-0.1, -0.05) is 18.7 Å². The van der Waals surface area contributed by atoms with Crippen molar-refractivity contribution in [2.45, 2.75) is 30.1 Å². The van der Waals surface area contributed by atoms with Crippen molar-refractivity contribution >= 4 is 23.3 Å². The fraction of sp³-hybridized carbons (Fsp3) is 0.778. The third kappa shape index (κ3) is 4.46. The molecule has 1 aromatic heterocycles. The molecule has 2 N–H and O–H groups in total. The van der Waals surface area contributed by atoms with Crippen LogP contribution in [0.5, 0.6) is 0 Å². The van der Waals surface area contributed by atoms with Crippen LogP contribution in [0.3, 0.4) is 0 Å². The Hall–Kier alpha value is -0.170. The van der Waals surface area contributed by atoms with Gasteiger partial charge in [0.2, 0.25) is 0 Å². The zero-order valence-electron chi connectivity index (χ0n) is 9.06. The Labute approximate surface area is 98.7 Å². The largest absolute Gasteiger partial charge is 0.396 e. The van der Waals surface area contributed by atoms with Crippen LogP contribution in [0, 0.1) is 0 Å². The van der Waals surface area contributed by atoms with Gasteiger partial charge in [0.15, 0.2) is 4.34 Å². The van der Waals surface area contributed by atoms with E-state index in [4.69, 9.17) is 5.11 Å². The highest BCUT2D eigenvalue weighted by molar-refractivity contribution is 8.00. The molecular formula is C9H17N3OS2. The molecule has 86 valence electrons. The first-order chi connectivity index (χ1) is 7.30. The van der Waals surface area contributed by atoms with Gasteiger partial charge in [0, 0.05) is 24.8 Å². The van der Waals surface area contributed by atoms with Crippen molar-refractivity contribution in [3.63, 3.8) is 0 Å². The standard InChI is InChI=1S/C9H17N3OS2/c1-3-8-11-9(15-12-8)14-6-7(10-2)4-5-13/h7,10,13H,3-6H2,1-2H3. The minimum Gasteiger partial charge on any atom is -0.396 e. The third-order valence-corrected chi connectivity index (χ3v) is 4.09. The topological polar surface area (TPSA) is 58.0 Å². The van der Waals surface area contributed by atoms with Crippen molar-refractivity contribution in [2.24, 2.45) is 0 Å². The van der Waals surface area contributed by atoms with Gasteiger partial charge in [-0.2, -0.15) is 4.37 Å². The maximum Gasteiger partial charge on any atom is 0.170 e. The molecule has 1 heterocycles. The summed E-state index contributed by atoms with van der Waals surface area (Å²) in [5.41, 5.74) is 0. The number of aromatic nitrogens is 2. The molecule has 0 fully saturated rings. The van der Waals surface area contributed by atoms with E-state index in [0.717, 1.165) is 28.8 Å². The van der Waals surface area contributed by atoms with Gasteiger partial charge in [0.25, 0.3) is 0 Å². The second-order valence-corrected chi connectivity index (χ2v) is 5.16. The number of hydrogen-bond acceptors (Lipinski definition) is 6. The highest BCUT2D eigenvalue weighted by Crippen LogP contribution is 2.21. The first kappa shape index (κ1) is 12.9. The van der Waals surface area contributed by atoms with Crippen molar-refractivity contribution < 1.29 is 5.11 Å². The van der Waals surface area contributed by atoms with Crippen LogP contribution in [0.4, 0.5) is 0 Å². The molecular weight excluding hydrogens is 230 g/mol. The minimum absolute atomic E-state index is 0.225. The number of aliphatic hydroxyl groups excluding tert-OH is 1. The van der Waals surface area contributed by atoms with Crippen molar-refractivity contribution in [3.05, 3.63) is 5.82 Å². The molecule has 1 aromatic rings. The van der Waals surface area contributed by atoms with Crippen LogP contribution >= 0.6 is 23.3 Å². The predicted octanol–water partition coefficient (Wildman–Crippen LogP) is 1.16. The molecule has 0 spiro atoms. The molecule has 6 heteroatoms. The van der Waals surface area contributed by atoms with E-state index in [9.17, 15) is 0 Å². The van der Waals surface area contributed by atoms with Crippen LogP contribution in [-0.2, 0) is 6.42 Å². The van der Waals surface area contributed by atoms with Gasteiger partial charge in [-0.05, 0) is 25.0 Å².